The number of β-lactam (4-membered cyclic amide) rings is 1. The number of fused-ring (bicyclic) bond motifs is 2. The van der Waals surface area contributed by atoms with Gasteiger partial charge in [0.05, 0.1) is 22.4 Å². The van der Waals surface area contributed by atoms with E-state index in [1.54, 1.807) is 18.5 Å². The lowest BCUT2D eigenvalue weighted by Crippen LogP contribution is -2.53. The lowest BCUT2D eigenvalue weighted by Gasteiger charge is -2.41. The van der Waals surface area contributed by atoms with Gasteiger partial charge in [-0.3, -0.25) is 19.6 Å². The molecule has 1 saturated heterocycles. The summed E-state index contributed by atoms with van der Waals surface area (Å²) in [7, 11) is 0. The summed E-state index contributed by atoms with van der Waals surface area (Å²) in [5.74, 6) is 0.121. The van der Waals surface area contributed by atoms with Crippen LogP contribution in [0.4, 0.5) is 11.4 Å². The largest absolute Gasteiger partial charge is 0.324 e. The monoisotopic (exact) mass is 634 g/mol. The molecule has 0 aliphatic carbocycles. The quantitative estimate of drug-likeness (QED) is 0.140. The predicted octanol–water partition coefficient (Wildman–Crippen LogP) is 9.33. The van der Waals surface area contributed by atoms with Crippen LogP contribution in [0.2, 0.25) is 0 Å². The highest BCUT2D eigenvalue weighted by molar-refractivity contribution is 6.07. The zero-order valence-corrected chi connectivity index (χ0v) is 27.9. The number of hydrogen-bond donors (Lipinski definition) is 1. The van der Waals surface area contributed by atoms with Gasteiger partial charge < -0.3 is 10.2 Å². The van der Waals surface area contributed by atoms with Crippen molar-refractivity contribution in [3.63, 3.8) is 0 Å². The lowest BCUT2D eigenvalue weighted by atomic mass is 9.92. The van der Waals surface area contributed by atoms with Crippen molar-refractivity contribution in [1.29, 1.82) is 0 Å². The van der Waals surface area contributed by atoms with E-state index in [1.165, 1.54) is 22.3 Å². The first kappa shape index (κ1) is 33.7. The second-order valence-electron chi connectivity index (χ2n) is 11.9. The fourth-order valence-corrected chi connectivity index (χ4v) is 5.74. The van der Waals surface area contributed by atoms with Crippen molar-refractivity contribution in [3.05, 3.63) is 156 Å². The zero-order chi connectivity index (χ0) is 33.9. The molecule has 0 saturated carbocycles. The number of aromatic nitrogens is 2. The van der Waals surface area contributed by atoms with Crippen molar-refractivity contribution in [2.24, 2.45) is 0 Å². The Morgan fingerprint density at radius 3 is 1.98 bits per heavy atom. The molecule has 1 aliphatic rings. The highest BCUT2D eigenvalue weighted by Crippen LogP contribution is 2.34. The molecule has 4 aromatic carbocycles. The van der Waals surface area contributed by atoms with E-state index >= 15 is 0 Å². The van der Waals surface area contributed by atoms with E-state index in [9.17, 15) is 9.59 Å². The summed E-state index contributed by atoms with van der Waals surface area (Å²) in [6, 6.07) is 36.7. The number of carbonyl (C=O) groups excluding carboxylic acids is 2. The fourth-order valence-electron chi connectivity index (χ4n) is 5.74. The van der Waals surface area contributed by atoms with Gasteiger partial charge in [-0.15, -0.1) is 6.58 Å². The number of anilines is 2. The molecule has 0 bridgehead atoms. The molecule has 1 fully saturated rings. The Labute approximate surface area is 283 Å². The van der Waals surface area contributed by atoms with E-state index in [4.69, 9.17) is 0 Å². The summed E-state index contributed by atoms with van der Waals surface area (Å²) >= 11 is 0. The molecule has 3 heterocycles. The van der Waals surface area contributed by atoms with Gasteiger partial charge >= 0.3 is 0 Å². The maximum atomic E-state index is 12.3. The van der Waals surface area contributed by atoms with E-state index in [-0.39, 0.29) is 17.9 Å². The summed E-state index contributed by atoms with van der Waals surface area (Å²) in [5, 5.41) is 4.90. The summed E-state index contributed by atoms with van der Waals surface area (Å²) in [6.07, 6.45) is 8.01. The lowest BCUT2D eigenvalue weighted by molar-refractivity contribution is -0.124. The van der Waals surface area contributed by atoms with Crippen molar-refractivity contribution >= 4 is 45.0 Å². The van der Waals surface area contributed by atoms with Crippen LogP contribution in [-0.4, -0.2) is 27.8 Å². The molecule has 2 amide bonds. The Morgan fingerprint density at radius 1 is 0.771 bits per heavy atom. The van der Waals surface area contributed by atoms with E-state index < -0.39 is 0 Å². The summed E-state index contributed by atoms with van der Waals surface area (Å²) in [4.78, 5) is 34.4. The Kier molecular flexibility index (Phi) is 11.4. The van der Waals surface area contributed by atoms with Crippen molar-refractivity contribution in [3.8, 4) is 0 Å². The van der Waals surface area contributed by atoms with Gasteiger partial charge in [-0.05, 0) is 80.1 Å². The number of hydrogen-bond acceptors (Lipinski definition) is 4. The average molecular weight is 635 g/mol. The normalized spacial score (nSPS) is 13.4. The third-order valence-electron chi connectivity index (χ3n) is 8.59. The molecule has 7 rings (SSSR count). The molecule has 6 aromatic rings. The number of benzene rings is 4. The minimum atomic E-state index is -0.0758. The third kappa shape index (κ3) is 8.39. The summed E-state index contributed by atoms with van der Waals surface area (Å²) in [6.45, 7) is 9.92. The van der Waals surface area contributed by atoms with Crippen LogP contribution in [0.25, 0.3) is 21.8 Å². The van der Waals surface area contributed by atoms with Crippen LogP contribution in [0, 0.1) is 20.8 Å². The molecule has 1 atom stereocenters. The van der Waals surface area contributed by atoms with Gasteiger partial charge in [0.15, 0.2) is 0 Å². The van der Waals surface area contributed by atoms with E-state index in [0.717, 1.165) is 46.0 Å². The molecular formula is C42H42N4O2. The van der Waals surface area contributed by atoms with Gasteiger partial charge in [0.1, 0.15) is 0 Å². The molecule has 2 aromatic heterocycles. The average Bonchev–Trinajstić information content (AvgIpc) is 3.09. The van der Waals surface area contributed by atoms with E-state index in [1.807, 2.05) is 65.6 Å². The molecule has 1 aliphatic heterocycles. The first-order chi connectivity index (χ1) is 23.4. The smallest absolute Gasteiger partial charge is 0.229 e. The molecule has 6 heteroatoms. The molecule has 0 radical (unpaired) electrons. The summed E-state index contributed by atoms with van der Waals surface area (Å²) in [5.41, 5.74) is 8.83. The van der Waals surface area contributed by atoms with Crippen LogP contribution in [-0.2, 0) is 16.0 Å². The van der Waals surface area contributed by atoms with Gasteiger partial charge in [0.2, 0.25) is 11.8 Å². The molecule has 6 nitrogen and oxygen atoms in total. The first-order valence-corrected chi connectivity index (χ1v) is 16.3. The Balaban J connectivity index is 0.000000161. The topological polar surface area (TPSA) is 75.2 Å². The highest BCUT2D eigenvalue weighted by atomic mass is 16.2. The van der Waals surface area contributed by atoms with Crippen molar-refractivity contribution < 1.29 is 9.59 Å². The number of nitrogens with one attached hydrogen (secondary N) is 1. The zero-order valence-electron chi connectivity index (χ0n) is 27.9. The highest BCUT2D eigenvalue weighted by Gasteiger charge is 2.37. The number of pyridine rings is 2. The molecule has 1 unspecified atom stereocenters. The minimum absolute atomic E-state index is 0.0758. The number of carbonyl (C=O) groups is 2. The van der Waals surface area contributed by atoms with E-state index in [2.05, 4.69) is 91.2 Å². The van der Waals surface area contributed by atoms with Crippen LogP contribution in [0.1, 0.15) is 41.5 Å². The maximum Gasteiger partial charge on any atom is 0.229 e. The SMILES string of the molecule is C=CCC(=O)Nc1cccc2cccnc12.Cc1ccccc1C.Cc1ccccc1CCC1CC(=O)N1c1cccc2cccnc12. The van der Waals surface area contributed by atoms with Crippen molar-refractivity contribution in [2.45, 2.75) is 52.5 Å². The van der Waals surface area contributed by atoms with Crippen LogP contribution in [0.5, 0.6) is 0 Å². The number of nitrogens with zero attached hydrogens (tertiary/aromatic N) is 3. The van der Waals surface area contributed by atoms with Gasteiger partial charge in [-0.2, -0.15) is 0 Å². The Morgan fingerprint density at radius 2 is 1.35 bits per heavy atom. The maximum absolute atomic E-state index is 12.3. The molecule has 1 N–H and O–H groups in total. The van der Waals surface area contributed by atoms with Crippen LogP contribution >= 0.6 is 0 Å². The molecule has 48 heavy (non-hydrogen) atoms. The summed E-state index contributed by atoms with van der Waals surface area (Å²) < 4.78 is 0. The van der Waals surface area contributed by atoms with Crippen molar-refractivity contribution in [2.75, 3.05) is 10.2 Å². The van der Waals surface area contributed by atoms with Gasteiger partial charge in [0, 0.05) is 42.0 Å². The Bertz CT molecular complexity index is 2000. The number of para-hydroxylation sites is 2. The van der Waals surface area contributed by atoms with Gasteiger partial charge in [-0.25, -0.2) is 0 Å². The second kappa shape index (κ2) is 16.3. The van der Waals surface area contributed by atoms with Gasteiger partial charge in [0.25, 0.3) is 0 Å². The second-order valence-corrected chi connectivity index (χ2v) is 11.9. The number of aryl methyl sites for hydroxylation is 4. The molecule has 0 spiro atoms. The molecule has 242 valence electrons. The van der Waals surface area contributed by atoms with Crippen LogP contribution < -0.4 is 10.2 Å². The molecular weight excluding hydrogens is 592 g/mol. The van der Waals surface area contributed by atoms with Crippen LogP contribution in [0.15, 0.2) is 134 Å². The van der Waals surface area contributed by atoms with Crippen molar-refractivity contribution in [1.82, 2.24) is 9.97 Å². The predicted molar refractivity (Wildman–Crippen MR) is 198 cm³/mol. The van der Waals surface area contributed by atoms with Crippen LogP contribution in [0.3, 0.4) is 0 Å². The van der Waals surface area contributed by atoms with Gasteiger partial charge in [-0.1, -0.05) is 91.0 Å². The van der Waals surface area contributed by atoms with E-state index in [0.29, 0.717) is 12.8 Å². The third-order valence-corrected chi connectivity index (χ3v) is 8.59. The number of amides is 2. The minimum Gasteiger partial charge on any atom is -0.324 e. The number of rotatable bonds is 7. The Hall–Kier alpha value is -5.62. The fraction of sp³-hybridized carbons (Fsp3) is 0.190. The first-order valence-electron chi connectivity index (χ1n) is 16.3. The standard InChI is InChI=1S/C21H20N2O.C13H12N2O.C8H10/c1-15-6-2-3-7-16(15)11-12-18-14-20(24)23(18)19-10-4-8-17-9-5-13-22-21(17)19;1-2-5-12(16)15-11-8-3-6-10-7-4-9-14-13(10)11;1-7-5-3-4-6-8(7)2/h2-10,13,18H,11-12,14H2,1H3;2-4,6-9H,1,5H2,(H,15,16);3-6H,1-2H3.